The van der Waals surface area contributed by atoms with Crippen molar-refractivity contribution in [2.45, 2.75) is 14.7 Å². The van der Waals surface area contributed by atoms with Crippen LogP contribution in [0.5, 0.6) is 5.75 Å². The Labute approximate surface area is 409 Å². The maximum Gasteiger partial charge on any atom is 1.00 e. The fourth-order valence-electron chi connectivity index (χ4n) is 4.52. The number of hydrogen-bond donors (Lipinski definition) is 3. The zero-order valence-electron chi connectivity index (χ0n) is 29.6. The summed E-state index contributed by atoms with van der Waals surface area (Å²) in [5.74, 6) is -2.46. The SMILES string of the molecule is O=C(Nc1ccc(S(=O)(=O)CCOS(=O)(=O)[O-])cc1)c1cccc(N=Nc2c(SOO[O-])cc3cc(S(=O)(=O)[O-])c(Nc4nc(Cl)nc(Cl)n4)cc3c2O)c1.[Na+].[Na+].[Na+]. The summed E-state index contributed by atoms with van der Waals surface area (Å²) in [6.07, 6.45) is 0. The van der Waals surface area contributed by atoms with Crippen molar-refractivity contribution in [1.29, 1.82) is 0 Å². The average molecular weight is 945 g/mol. The molecule has 290 valence electrons. The molecule has 0 aliphatic heterocycles. The quantitative estimate of drug-likeness (QED) is 0.0168. The van der Waals surface area contributed by atoms with Gasteiger partial charge in [-0.05, 0) is 89.3 Å². The fraction of sp³-hybridized carbons (Fsp3) is 0.0714. The molecule has 3 N–H and O–H groups in total. The molecule has 5 aromatic rings. The second kappa shape index (κ2) is 22.5. The van der Waals surface area contributed by atoms with E-state index in [1.54, 1.807) is 0 Å². The van der Waals surface area contributed by atoms with Gasteiger partial charge in [-0.25, -0.2) is 25.3 Å². The molecule has 58 heavy (non-hydrogen) atoms. The van der Waals surface area contributed by atoms with E-state index >= 15 is 0 Å². The molecule has 1 heterocycles. The van der Waals surface area contributed by atoms with Gasteiger partial charge < -0.3 is 30.1 Å². The summed E-state index contributed by atoms with van der Waals surface area (Å²) in [6.45, 7) is -0.882. The first-order chi connectivity index (χ1) is 25.8. The number of anilines is 3. The molecule has 0 atom stereocenters. The number of halogens is 2. The van der Waals surface area contributed by atoms with Gasteiger partial charge in [-0.3, -0.25) is 14.0 Å². The van der Waals surface area contributed by atoms with Gasteiger partial charge in [0.1, 0.15) is 15.8 Å². The largest absolute Gasteiger partial charge is 1.00 e. The number of azo groups is 1. The van der Waals surface area contributed by atoms with Crippen molar-refractivity contribution in [3.8, 4) is 5.75 Å². The number of rotatable bonds is 15. The number of nitrogens with zero attached hydrogens (tertiary/aromatic N) is 5. The molecule has 0 aliphatic carbocycles. The van der Waals surface area contributed by atoms with E-state index in [0.717, 1.165) is 24.3 Å². The minimum Gasteiger partial charge on any atom is -0.744 e. The smallest absolute Gasteiger partial charge is 0.744 e. The Bertz CT molecular complexity index is 2650. The fourth-order valence-corrected chi connectivity index (χ4v) is 7.51. The number of amides is 1. The number of phenolic OH excluding ortho intramolecular Hbond substituents is 1. The Hall–Kier alpha value is -1.64. The van der Waals surface area contributed by atoms with E-state index in [1.165, 1.54) is 42.5 Å². The van der Waals surface area contributed by atoms with Crippen LogP contribution < -0.4 is 105 Å². The molecule has 4 aromatic carbocycles. The molecular weight excluding hydrogens is 926 g/mol. The van der Waals surface area contributed by atoms with Crippen molar-refractivity contribution in [2.75, 3.05) is 23.0 Å². The number of benzene rings is 4. The predicted octanol–water partition coefficient (Wildman–Crippen LogP) is -5.15. The van der Waals surface area contributed by atoms with Crippen LogP contribution in [0.15, 0.2) is 91.6 Å². The number of carbonyl (C=O) groups is 1. The van der Waals surface area contributed by atoms with Crippen molar-refractivity contribution < 1.29 is 152 Å². The number of fused-ring (bicyclic) bond motifs is 1. The summed E-state index contributed by atoms with van der Waals surface area (Å²) in [6, 6.07) is 13.6. The normalized spacial score (nSPS) is 11.7. The van der Waals surface area contributed by atoms with Crippen LogP contribution in [0, 0.1) is 0 Å². The van der Waals surface area contributed by atoms with Gasteiger partial charge in [-0.15, -0.1) is 5.11 Å². The molecule has 0 saturated carbocycles. The molecule has 0 aliphatic rings. The third-order valence-electron chi connectivity index (χ3n) is 6.82. The second-order valence-electron chi connectivity index (χ2n) is 10.4. The van der Waals surface area contributed by atoms with E-state index in [1.807, 2.05) is 0 Å². The molecule has 30 heteroatoms. The zero-order valence-corrected chi connectivity index (χ0v) is 40.4. The number of nitrogens with one attached hydrogen (secondary N) is 2. The summed E-state index contributed by atoms with van der Waals surface area (Å²) in [4.78, 5) is 22.9. The van der Waals surface area contributed by atoms with Crippen LogP contribution >= 0.6 is 35.2 Å². The van der Waals surface area contributed by atoms with Gasteiger partial charge in [-0.2, -0.15) is 24.4 Å². The van der Waals surface area contributed by atoms with Crippen LogP contribution in [0.1, 0.15) is 10.4 Å². The van der Waals surface area contributed by atoms with Crippen LogP contribution in [0.3, 0.4) is 0 Å². The van der Waals surface area contributed by atoms with Crippen molar-refractivity contribution >= 4 is 111 Å². The molecule has 1 amide bonds. The molecule has 0 unspecified atom stereocenters. The number of aromatic hydroxyl groups is 1. The van der Waals surface area contributed by atoms with Crippen molar-refractivity contribution in [3.05, 3.63) is 82.9 Å². The summed E-state index contributed by atoms with van der Waals surface area (Å²) in [5, 5.41) is 37.6. The first kappa shape index (κ1) is 52.5. The summed E-state index contributed by atoms with van der Waals surface area (Å²) in [7, 11) is -14.3. The van der Waals surface area contributed by atoms with Gasteiger partial charge in [0.2, 0.25) is 26.9 Å². The minimum atomic E-state index is -5.18. The second-order valence-corrected chi connectivity index (χ2v) is 16.3. The Morgan fingerprint density at radius 2 is 1.53 bits per heavy atom. The van der Waals surface area contributed by atoms with Gasteiger partial charge in [0.25, 0.3) is 5.91 Å². The van der Waals surface area contributed by atoms with E-state index < -0.39 is 65.0 Å². The van der Waals surface area contributed by atoms with Gasteiger partial charge in [0.15, 0.2) is 15.6 Å². The van der Waals surface area contributed by atoms with Gasteiger partial charge >= 0.3 is 88.7 Å². The van der Waals surface area contributed by atoms with Crippen molar-refractivity contribution in [1.82, 2.24) is 15.0 Å². The molecule has 0 saturated heterocycles. The van der Waals surface area contributed by atoms with E-state index in [-0.39, 0.29) is 160 Å². The Morgan fingerprint density at radius 3 is 2.14 bits per heavy atom. The van der Waals surface area contributed by atoms with E-state index in [4.69, 9.17) is 23.2 Å². The monoisotopic (exact) mass is 943 g/mol. The number of sulfone groups is 1. The van der Waals surface area contributed by atoms with E-state index in [0.29, 0.717) is 0 Å². The van der Waals surface area contributed by atoms with Crippen LogP contribution in [0.4, 0.5) is 28.7 Å². The maximum atomic E-state index is 13.0. The van der Waals surface area contributed by atoms with Crippen molar-refractivity contribution in [3.63, 3.8) is 0 Å². The molecule has 5 rings (SSSR count). The average Bonchev–Trinajstić information content (AvgIpc) is 3.09. The molecular formula is C28H18Cl2N7Na3O14S4. The first-order valence-electron chi connectivity index (χ1n) is 14.4. The molecule has 0 fully saturated rings. The van der Waals surface area contributed by atoms with Crippen LogP contribution in [0.2, 0.25) is 10.6 Å². The Kier molecular flexibility index (Phi) is 20.3. The summed E-state index contributed by atoms with van der Waals surface area (Å²) < 4.78 is 101. The topological polar surface area (TPSA) is 324 Å². The zero-order chi connectivity index (χ0) is 40.1. The Balaban J connectivity index is 0.00000387. The number of carbonyl (C=O) groups excluding carboxylic acids is 1. The van der Waals surface area contributed by atoms with Crippen LogP contribution in [0.25, 0.3) is 10.8 Å². The Morgan fingerprint density at radius 1 is 0.879 bits per heavy atom. The van der Waals surface area contributed by atoms with Gasteiger partial charge in [0, 0.05) is 16.6 Å². The number of phenols is 1. The van der Waals surface area contributed by atoms with Gasteiger partial charge in [-0.1, -0.05) is 6.07 Å². The first-order valence-corrected chi connectivity index (χ1v) is 20.3. The molecule has 0 radical (unpaired) electrons. The maximum absolute atomic E-state index is 13.0. The molecule has 21 nitrogen and oxygen atoms in total. The standard InChI is InChI=1S/C28H21Cl2N7O14S4.3Na/c29-26-33-27(30)35-28(34-26)32-20-13-19-15(12-22(20)54(43,44)45)11-21(52-51-50-40)23(24(19)38)37-36-17-3-1-2-14(10-17)25(39)31-16-4-6-18(7-5-16)53(41,42)9-8-49-55(46,47)48;;;/h1-7,10-13,38,40H,8-9H2,(H,31,39)(H,43,44,45)(H,46,47,48)(H,32,33,34,35);;;/q;3*+1/p-3. The van der Waals surface area contributed by atoms with Crippen molar-refractivity contribution in [2.24, 2.45) is 10.2 Å². The minimum absolute atomic E-state index is 0. The number of hydrogen-bond acceptors (Lipinski definition) is 21. The third-order valence-corrected chi connectivity index (χ3v) is 10.8. The molecule has 1 aromatic heterocycles. The third kappa shape index (κ3) is 14.5. The van der Waals surface area contributed by atoms with Crippen LogP contribution in [-0.2, 0) is 43.9 Å². The predicted molar refractivity (Wildman–Crippen MR) is 187 cm³/mol. The summed E-state index contributed by atoms with van der Waals surface area (Å²) >= 11 is 11.9. The van der Waals surface area contributed by atoms with Gasteiger partial charge in [0.05, 0.1) is 50.5 Å². The summed E-state index contributed by atoms with van der Waals surface area (Å²) in [5.41, 5.74) is -0.467. The molecule has 0 spiro atoms. The molecule has 0 bridgehead atoms. The van der Waals surface area contributed by atoms with E-state index in [9.17, 15) is 49.5 Å². The number of aromatic nitrogens is 3. The van der Waals surface area contributed by atoms with E-state index in [2.05, 4.69) is 49.4 Å². The van der Waals surface area contributed by atoms with Crippen LogP contribution in [-0.4, -0.2) is 72.7 Å².